The van der Waals surface area contributed by atoms with Gasteiger partial charge in [0, 0.05) is 17.9 Å². The Balaban J connectivity index is 1.53. The molecule has 0 aliphatic heterocycles. The van der Waals surface area contributed by atoms with Crippen LogP contribution in [0.5, 0.6) is 0 Å². The van der Waals surface area contributed by atoms with Crippen molar-refractivity contribution in [3.8, 4) is 0 Å². The predicted octanol–water partition coefficient (Wildman–Crippen LogP) is 4.15. The van der Waals surface area contributed by atoms with E-state index in [2.05, 4.69) is 25.2 Å². The average molecular weight is 301 g/mol. The number of furan rings is 1. The molecule has 22 heavy (non-hydrogen) atoms. The summed E-state index contributed by atoms with van der Waals surface area (Å²) in [5.74, 6) is 4.05. The number of nitrogens with one attached hydrogen (secondary N) is 1. The Morgan fingerprint density at radius 2 is 2.14 bits per heavy atom. The van der Waals surface area contributed by atoms with Crippen LogP contribution in [0, 0.1) is 30.1 Å². The largest absolute Gasteiger partial charge is 0.466 e. The van der Waals surface area contributed by atoms with E-state index in [-0.39, 0.29) is 17.4 Å². The Kier molecular flexibility index (Phi) is 3.18. The second kappa shape index (κ2) is 4.87. The Morgan fingerprint density at radius 1 is 1.32 bits per heavy atom. The second-order valence-electron chi connectivity index (χ2n) is 8.62. The molecule has 3 aliphatic carbocycles. The van der Waals surface area contributed by atoms with Crippen LogP contribution in [0.2, 0.25) is 0 Å². The molecular formula is C19H27NO2. The SMILES string of the molecule is Cc1cc2c(o1)CC(C)(C)CC2NC(=O)C1CC2CCC1C2. The third-order valence-electron chi connectivity index (χ3n) is 6.13. The van der Waals surface area contributed by atoms with Crippen LogP contribution < -0.4 is 5.32 Å². The fraction of sp³-hybridized carbons (Fsp3) is 0.737. The second-order valence-corrected chi connectivity index (χ2v) is 8.62. The van der Waals surface area contributed by atoms with Gasteiger partial charge in [0.05, 0.1) is 6.04 Å². The van der Waals surface area contributed by atoms with Gasteiger partial charge in [0.25, 0.3) is 0 Å². The van der Waals surface area contributed by atoms with E-state index in [9.17, 15) is 4.79 Å². The minimum atomic E-state index is 0.128. The lowest BCUT2D eigenvalue weighted by molar-refractivity contribution is -0.127. The smallest absolute Gasteiger partial charge is 0.223 e. The van der Waals surface area contributed by atoms with Gasteiger partial charge >= 0.3 is 0 Å². The van der Waals surface area contributed by atoms with E-state index in [1.165, 1.54) is 24.8 Å². The van der Waals surface area contributed by atoms with Gasteiger partial charge in [0.1, 0.15) is 11.5 Å². The lowest BCUT2D eigenvalue weighted by Crippen LogP contribution is -2.40. The molecule has 1 heterocycles. The molecular weight excluding hydrogens is 274 g/mol. The van der Waals surface area contributed by atoms with Crippen molar-refractivity contribution in [2.45, 2.75) is 65.3 Å². The van der Waals surface area contributed by atoms with Crippen LogP contribution >= 0.6 is 0 Å². The van der Waals surface area contributed by atoms with Crippen LogP contribution in [0.25, 0.3) is 0 Å². The Labute approximate surface area is 132 Å². The highest BCUT2D eigenvalue weighted by molar-refractivity contribution is 5.80. The van der Waals surface area contributed by atoms with Crippen LogP contribution in [0.4, 0.5) is 0 Å². The number of fused-ring (bicyclic) bond motifs is 3. The summed E-state index contributed by atoms with van der Waals surface area (Å²) >= 11 is 0. The molecule has 4 rings (SSSR count). The summed E-state index contributed by atoms with van der Waals surface area (Å²) in [5, 5.41) is 3.37. The average Bonchev–Trinajstić information content (AvgIpc) is 3.11. The number of carbonyl (C=O) groups excluding carboxylic acids is 1. The normalized spacial score (nSPS) is 35.4. The highest BCUT2D eigenvalue weighted by Gasteiger charge is 2.44. The molecule has 2 saturated carbocycles. The van der Waals surface area contributed by atoms with Crippen molar-refractivity contribution in [3.05, 3.63) is 23.2 Å². The zero-order valence-corrected chi connectivity index (χ0v) is 13.9. The first-order valence-electron chi connectivity index (χ1n) is 8.81. The molecule has 1 amide bonds. The van der Waals surface area contributed by atoms with Gasteiger partial charge in [-0.25, -0.2) is 0 Å². The molecule has 2 fully saturated rings. The summed E-state index contributed by atoms with van der Waals surface area (Å²) in [4.78, 5) is 12.8. The first-order chi connectivity index (χ1) is 10.4. The summed E-state index contributed by atoms with van der Waals surface area (Å²) in [6.45, 7) is 6.54. The fourth-order valence-corrected chi connectivity index (χ4v) is 5.16. The van der Waals surface area contributed by atoms with Crippen LogP contribution in [0.15, 0.2) is 10.5 Å². The Morgan fingerprint density at radius 3 is 2.82 bits per heavy atom. The minimum Gasteiger partial charge on any atom is -0.466 e. The summed E-state index contributed by atoms with van der Waals surface area (Å²) in [6.07, 6.45) is 6.97. The summed E-state index contributed by atoms with van der Waals surface area (Å²) < 4.78 is 5.88. The van der Waals surface area contributed by atoms with Gasteiger partial charge in [0.2, 0.25) is 5.91 Å². The van der Waals surface area contributed by atoms with Crippen molar-refractivity contribution in [1.29, 1.82) is 0 Å². The maximum absolute atomic E-state index is 12.8. The fourth-order valence-electron chi connectivity index (χ4n) is 5.16. The summed E-state index contributed by atoms with van der Waals surface area (Å²) in [7, 11) is 0. The van der Waals surface area contributed by atoms with E-state index < -0.39 is 0 Å². The van der Waals surface area contributed by atoms with Gasteiger partial charge in [-0.3, -0.25) is 4.79 Å². The first-order valence-corrected chi connectivity index (χ1v) is 8.81. The topological polar surface area (TPSA) is 42.2 Å². The van der Waals surface area contributed by atoms with E-state index in [0.717, 1.165) is 36.7 Å². The quantitative estimate of drug-likeness (QED) is 0.891. The van der Waals surface area contributed by atoms with Gasteiger partial charge in [-0.05, 0) is 55.9 Å². The standard InChI is InChI=1S/C19H27NO2/c1-11-6-15-16(9-19(2,3)10-17(15)22-11)20-18(21)14-8-12-4-5-13(14)7-12/h6,12-14,16H,4-5,7-10H2,1-3H3,(H,20,21). The van der Waals surface area contributed by atoms with Crippen molar-refractivity contribution < 1.29 is 9.21 Å². The number of hydrogen-bond donors (Lipinski definition) is 1. The highest BCUT2D eigenvalue weighted by atomic mass is 16.3. The van der Waals surface area contributed by atoms with E-state index in [1.54, 1.807) is 0 Å². The van der Waals surface area contributed by atoms with E-state index in [4.69, 9.17) is 4.42 Å². The Bertz CT molecular complexity index is 601. The molecule has 0 radical (unpaired) electrons. The van der Waals surface area contributed by atoms with Gasteiger partial charge in [0.15, 0.2) is 0 Å². The monoisotopic (exact) mass is 301 g/mol. The van der Waals surface area contributed by atoms with E-state index in [0.29, 0.717) is 11.8 Å². The first kappa shape index (κ1) is 14.3. The van der Waals surface area contributed by atoms with Gasteiger partial charge in [-0.15, -0.1) is 0 Å². The number of rotatable bonds is 2. The van der Waals surface area contributed by atoms with Crippen molar-refractivity contribution in [2.24, 2.45) is 23.2 Å². The third kappa shape index (κ3) is 2.39. The van der Waals surface area contributed by atoms with Crippen molar-refractivity contribution in [2.75, 3.05) is 0 Å². The highest BCUT2D eigenvalue weighted by Crippen LogP contribution is 2.49. The van der Waals surface area contributed by atoms with Crippen LogP contribution in [0.1, 0.15) is 69.1 Å². The third-order valence-corrected chi connectivity index (χ3v) is 6.13. The summed E-state index contributed by atoms with van der Waals surface area (Å²) in [6, 6.07) is 2.25. The molecule has 0 spiro atoms. The molecule has 1 N–H and O–H groups in total. The zero-order valence-electron chi connectivity index (χ0n) is 13.9. The van der Waals surface area contributed by atoms with E-state index in [1.807, 2.05) is 6.92 Å². The molecule has 4 unspecified atom stereocenters. The predicted molar refractivity (Wildman–Crippen MR) is 85.4 cm³/mol. The van der Waals surface area contributed by atoms with Gasteiger partial charge in [-0.2, -0.15) is 0 Å². The van der Waals surface area contributed by atoms with Gasteiger partial charge in [-0.1, -0.05) is 20.3 Å². The molecule has 4 atom stereocenters. The summed E-state index contributed by atoms with van der Waals surface area (Å²) in [5.41, 5.74) is 1.40. The maximum Gasteiger partial charge on any atom is 0.223 e. The Hall–Kier alpha value is -1.25. The molecule has 3 nitrogen and oxygen atoms in total. The molecule has 3 aliphatic rings. The molecule has 1 aromatic heterocycles. The number of amides is 1. The van der Waals surface area contributed by atoms with E-state index >= 15 is 0 Å². The van der Waals surface area contributed by atoms with Crippen LogP contribution in [-0.4, -0.2) is 5.91 Å². The molecule has 120 valence electrons. The minimum absolute atomic E-state index is 0.128. The molecule has 1 aromatic rings. The molecule has 3 heteroatoms. The number of aryl methyl sites for hydroxylation is 1. The molecule has 2 bridgehead atoms. The van der Waals surface area contributed by atoms with Crippen LogP contribution in [-0.2, 0) is 11.2 Å². The molecule has 0 aromatic carbocycles. The van der Waals surface area contributed by atoms with Crippen LogP contribution in [0.3, 0.4) is 0 Å². The number of carbonyl (C=O) groups is 1. The van der Waals surface area contributed by atoms with Crippen molar-refractivity contribution in [3.63, 3.8) is 0 Å². The van der Waals surface area contributed by atoms with Crippen molar-refractivity contribution in [1.82, 2.24) is 5.32 Å². The molecule has 0 saturated heterocycles. The van der Waals surface area contributed by atoms with Crippen molar-refractivity contribution >= 4 is 5.91 Å². The lowest BCUT2D eigenvalue weighted by Gasteiger charge is -2.35. The van der Waals surface area contributed by atoms with Gasteiger partial charge < -0.3 is 9.73 Å². The maximum atomic E-state index is 12.8. The number of hydrogen-bond acceptors (Lipinski definition) is 2. The zero-order chi connectivity index (χ0) is 15.5. The lowest BCUT2D eigenvalue weighted by atomic mass is 9.74.